The van der Waals surface area contributed by atoms with Crippen molar-refractivity contribution in [3.63, 3.8) is 0 Å². The second-order valence-electron chi connectivity index (χ2n) is 2.85. The van der Waals surface area contributed by atoms with E-state index in [4.69, 9.17) is 9.15 Å². The van der Waals surface area contributed by atoms with Crippen molar-refractivity contribution < 1.29 is 13.9 Å². The summed E-state index contributed by atoms with van der Waals surface area (Å²) in [7, 11) is 0. The molecule has 0 N–H and O–H groups in total. The number of carbonyl (C=O) groups is 1. The average Bonchev–Trinajstić information content (AvgIpc) is 2.80. The molecule has 2 aromatic rings. The van der Waals surface area contributed by atoms with Gasteiger partial charge in [0.05, 0.1) is 12.8 Å². The lowest BCUT2D eigenvalue weighted by Crippen LogP contribution is -2.04. The van der Waals surface area contributed by atoms with E-state index in [1.807, 2.05) is 0 Å². The summed E-state index contributed by atoms with van der Waals surface area (Å²) < 4.78 is 9.88. The lowest BCUT2D eigenvalue weighted by atomic mass is 10.4. The zero-order valence-corrected chi connectivity index (χ0v) is 8.58. The van der Waals surface area contributed by atoms with E-state index in [1.54, 1.807) is 13.1 Å². The quantitative estimate of drug-likeness (QED) is 0.724. The molecule has 2 rings (SSSR count). The molecular formula is C10H9N3O3. The maximum atomic E-state index is 11.3. The molecule has 2 aromatic heterocycles. The number of oxazole rings is 1. The highest BCUT2D eigenvalue weighted by molar-refractivity contribution is 5.87. The summed E-state index contributed by atoms with van der Waals surface area (Å²) in [5.74, 6) is -0.266. The third-order valence-electron chi connectivity index (χ3n) is 1.77. The van der Waals surface area contributed by atoms with E-state index in [1.165, 1.54) is 18.7 Å². The first kappa shape index (κ1) is 10.3. The molecule has 0 amide bonds. The summed E-state index contributed by atoms with van der Waals surface area (Å²) in [6.45, 7) is 2.02. The van der Waals surface area contributed by atoms with E-state index < -0.39 is 5.97 Å². The van der Waals surface area contributed by atoms with Crippen molar-refractivity contribution in [2.45, 2.75) is 6.92 Å². The van der Waals surface area contributed by atoms with Gasteiger partial charge in [-0.3, -0.25) is 4.98 Å². The van der Waals surface area contributed by atoms with Crippen molar-refractivity contribution in [1.29, 1.82) is 0 Å². The van der Waals surface area contributed by atoms with Gasteiger partial charge in [-0.25, -0.2) is 14.8 Å². The molecule has 0 aliphatic rings. The Bertz CT molecular complexity index is 481. The second kappa shape index (κ2) is 4.52. The van der Waals surface area contributed by atoms with Crippen LogP contribution in [0.25, 0.3) is 11.6 Å². The highest BCUT2D eigenvalue weighted by Crippen LogP contribution is 2.14. The van der Waals surface area contributed by atoms with E-state index in [-0.39, 0.29) is 11.6 Å². The van der Waals surface area contributed by atoms with Gasteiger partial charge in [0.15, 0.2) is 5.69 Å². The number of hydrogen-bond donors (Lipinski definition) is 0. The van der Waals surface area contributed by atoms with Gasteiger partial charge in [-0.2, -0.15) is 0 Å². The van der Waals surface area contributed by atoms with Gasteiger partial charge < -0.3 is 9.15 Å². The maximum absolute atomic E-state index is 11.3. The predicted octanol–water partition coefficient (Wildman–Crippen LogP) is 1.31. The highest BCUT2D eigenvalue weighted by Gasteiger charge is 2.14. The minimum atomic E-state index is -0.513. The fourth-order valence-corrected chi connectivity index (χ4v) is 1.10. The molecule has 0 saturated heterocycles. The van der Waals surface area contributed by atoms with E-state index in [0.29, 0.717) is 12.3 Å². The lowest BCUT2D eigenvalue weighted by Gasteiger charge is -1.95. The van der Waals surface area contributed by atoms with Crippen LogP contribution in [0, 0.1) is 0 Å². The summed E-state index contributed by atoms with van der Waals surface area (Å²) in [5, 5.41) is 0. The molecule has 82 valence electrons. The molecule has 0 unspecified atom stereocenters. The molecule has 0 radical (unpaired) electrons. The SMILES string of the molecule is CCOC(=O)c1coc(-c2cnccn2)n1. The molecule has 6 heteroatoms. The molecule has 0 aliphatic heterocycles. The van der Waals surface area contributed by atoms with Gasteiger partial charge >= 0.3 is 5.97 Å². The number of ether oxygens (including phenoxy) is 1. The molecular weight excluding hydrogens is 210 g/mol. The topological polar surface area (TPSA) is 78.1 Å². The summed E-state index contributed by atoms with van der Waals surface area (Å²) in [6, 6.07) is 0. The molecule has 6 nitrogen and oxygen atoms in total. The Labute approximate surface area is 91.3 Å². The molecule has 2 heterocycles. The number of nitrogens with zero attached hydrogens (tertiary/aromatic N) is 3. The normalized spacial score (nSPS) is 10.1. The van der Waals surface area contributed by atoms with E-state index in [2.05, 4.69) is 15.0 Å². The molecule has 0 fully saturated rings. The third kappa shape index (κ3) is 2.05. The molecule has 0 bridgehead atoms. The Morgan fingerprint density at radius 3 is 3.06 bits per heavy atom. The van der Waals surface area contributed by atoms with Crippen LogP contribution < -0.4 is 0 Å². The Hall–Kier alpha value is -2.24. The Kier molecular flexibility index (Phi) is 2.90. The zero-order chi connectivity index (χ0) is 11.4. The number of aromatic nitrogens is 3. The van der Waals surface area contributed by atoms with Crippen molar-refractivity contribution >= 4 is 5.97 Å². The third-order valence-corrected chi connectivity index (χ3v) is 1.77. The number of esters is 1. The van der Waals surface area contributed by atoms with Gasteiger partial charge in [0, 0.05) is 12.4 Å². The van der Waals surface area contributed by atoms with Crippen LogP contribution in [0.15, 0.2) is 29.3 Å². The monoisotopic (exact) mass is 219 g/mol. The lowest BCUT2D eigenvalue weighted by molar-refractivity contribution is 0.0519. The van der Waals surface area contributed by atoms with Crippen LogP contribution in [0.3, 0.4) is 0 Å². The minimum absolute atomic E-state index is 0.127. The average molecular weight is 219 g/mol. The van der Waals surface area contributed by atoms with Gasteiger partial charge in [0.1, 0.15) is 12.0 Å². The summed E-state index contributed by atoms with van der Waals surface area (Å²) >= 11 is 0. The number of hydrogen-bond acceptors (Lipinski definition) is 6. The smallest absolute Gasteiger partial charge is 0.360 e. The van der Waals surface area contributed by atoms with Crippen LogP contribution in [-0.4, -0.2) is 27.5 Å². The van der Waals surface area contributed by atoms with Crippen molar-refractivity contribution in [1.82, 2.24) is 15.0 Å². The van der Waals surface area contributed by atoms with Crippen LogP contribution in [0.5, 0.6) is 0 Å². The minimum Gasteiger partial charge on any atom is -0.461 e. The Morgan fingerprint density at radius 1 is 1.50 bits per heavy atom. The summed E-state index contributed by atoms with van der Waals surface area (Å²) in [5.41, 5.74) is 0.598. The van der Waals surface area contributed by atoms with Gasteiger partial charge in [0.25, 0.3) is 0 Å². The Balaban J connectivity index is 2.23. The largest absolute Gasteiger partial charge is 0.461 e. The summed E-state index contributed by atoms with van der Waals surface area (Å²) in [4.78, 5) is 23.1. The first-order chi connectivity index (χ1) is 7.81. The van der Waals surface area contributed by atoms with Gasteiger partial charge in [0.2, 0.25) is 5.89 Å². The highest BCUT2D eigenvalue weighted by atomic mass is 16.5. The van der Waals surface area contributed by atoms with Crippen LogP contribution >= 0.6 is 0 Å². The van der Waals surface area contributed by atoms with Crippen molar-refractivity contribution in [2.24, 2.45) is 0 Å². The molecule has 0 saturated carbocycles. The first-order valence-electron chi connectivity index (χ1n) is 4.70. The van der Waals surface area contributed by atoms with Crippen LogP contribution in [0.2, 0.25) is 0 Å². The molecule has 0 spiro atoms. The van der Waals surface area contributed by atoms with Gasteiger partial charge in [-0.1, -0.05) is 0 Å². The Morgan fingerprint density at radius 2 is 2.38 bits per heavy atom. The summed E-state index contributed by atoms with van der Waals surface area (Å²) in [6.07, 6.45) is 5.80. The number of carbonyl (C=O) groups excluding carboxylic acids is 1. The van der Waals surface area contributed by atoms with Crippen molar-refractivity contribution in [3.8, 4) is 11.6 Å². The molecule has 16 heavy (non-hydrogen) atoms. The molecule has 0 atom stereocenters. The van der Waals surface area contributed by atoms with Gasteiger partial charge in [-0.05, 0) is 6.92 Å². The standard InChI is InChI=1S/C10H9N3O3/c1-2-15-10(14)8-6-16-9(13-8)7-5-11-3-4-12-7/h3-6H,2H2,1H3. The first-order valence-corrected chi connectivity index (χ1v) is 4.70. The maximum Gasteiger partial charge on any atom is 0.360 e. The van der Waals surface area contributed by atoms with Crippen molar-refractivity contribution in [2.75, 3.05) is 6.61 Å². The fraction of sp³-hybridized carbons (Fsp3) is 0.200. The van der Waals surface area contributed by atoms with E-state index >= 15 is 0 Å². The van der Waals surface area contributed by atoms with Crippen LogP contribution in [0.4, 0.5) is 0 Å². The van der Waals surface area contributed by atoms with Crippen LogP contribution in [0.1, 0.15) is 17.4 Å². The molecule has 0 aliphatic carbocycles. The number of rotatable bonds is 3. The predicted molar refractivity (Wildman–Crippen MR) is 53.5 cm³/mol. The second-order valence-corrected chi connectivity index (χ2v) is 2.85. The van der Waals surface area contributed by atoms with Gasteiger partial charge in [-0.15, -0.1) is 0 Å². The fourth-order valence-electron chi connectivity index (χ4n) is 1.10. The van der Waals surface area contributed by atoms with Crippen LogP contribution in [-0.2, 0) is 4.74 Å². The van der Waals surface area contributed by atoms with E-state index in [0.717, 1.165) is 0 Å². The van der Waals surface area contributed by atoms with E-state index in [9.17, 15) is 4.79 Å². The molecule has 0 aromatic carbocycles. The van der Waals surface area contributed by atoms with Crippen molar-refractivity contribution in [3.05, 3.63) is 30.5 Å². The zero-order valence-electron chi connectivity index (χ0n) is 8.58.